The number of nitrogens with two attached hydrogens (primary N) is 2. The van der Waals surface area contributed by atoms with Crippen LogP contribution in [0.15, 0.2) is 17.1 Å². The van der Waals surface area contributed by atoms with Gasteiger partial charge in [0.2, 0.25) is 0 Å². The molecule has 4 nitrogen and oxygen atoms in total. The molecular weight excluding hydrogens is 190 g/mol. The van der Waals surface area contributed by atoms with Crippen LogP contribution in [0.3, 0.4) is 0 Å². The van der Waals surface area contributed by atoms with Crippen LogP contribution in [0.5, 0.6) is 0 Å². The number of hydrogen-bond donors (Lipinski definition) is 2. The number of pyridine rings is 1. The van der Waals surface area contributed by atoms with E-state index in [0.29, 0.717) is 5.69 Å². The number of hydrogen-bond acceptors (Lipinski definition) is 3. The van der Waals surface area contributed by atoms with Crippen molar-refractivity contribution in [3.63, 3.8) is 0 Å². The molecule has 1 aromatic heterocycles. The Labute approximate surface area is 88.9 Å². The molecule has 1 fully saturated rings. The second-order valence-electron chi connectivity index (χ2n) is 4.23. The van der Waals surface area contributed by atoms with E-state index >= 15 is 0 Å². The molecular formula is C11H17N3O. The van der Waals surface area contributed by atoms with E-state index in [0.717, 1.165) is 12.8 Å². The zero-order valence-electron chi connectivity index (χ0n) is 8.78. The van der Waals surface area contributed by atoms with E-state index < -0.39 is 0 Å². The minimum atomic E-state index is -0.101. The summed E-state index contributed by atoms with van der Waals surface area (Å²) in [4.78, 5) is 11.8. The third-order valence-corrected chi connectivity index (χ3v) is 3.06. The van der Waals surface area contributed by atoms with Crippen molar-refractivity contribution in [3.05, 3.63) is 22.6 Å². The zero-order valence-corrected chi connectivity index (χ0v) is 8.78. The van der Waals surface area contributed by atoms with Crippen molar-refractivity contribution in [1.82, 2.24) is 4.57 Å². The van der Waals surface area contributed by atoms with Gasteiger partial charge in [-0.25, -0.2) is 0 Å². The Morgan fingerprint density at radius 1 is 1.20 bits per heavy atom. The van der Waals surface area contributed by atoms with Crippen LogP contribution in [0, 0.1) is 0 Å². The van der Waals surface area contributed by atoms with Gasteiger partial charge in [-0.15, -0.1) is 0 Å². The van der Waals surface area contributed by atoms with Crippen molar-refractivity contribution >= 4 is 11.4 Å². The highest BCUT2D eigenvalue weighted by molar-refractivity contribution is 5.48. The molecule has 0 unspecified atom stereocenters. The lowest BCUT2D eigenvalue weighted by Gasteiger charge is -2.24. The first-order valence-electron chi connectivity index (χ1n) is 5.45. The Hall–Kier alpha value is -1.45. The van der Waals surface area contributed by atoms with Gasteiger partial charge in [0.15, 0.2) is 0 Å². The maximum atomic E-state index is 11.8. The first-order valence-corrected chi connectivity index (χ1v) is 5.45. The summed E-state index contributed by atoms with van der Waals surface area (Å²) in [6, 6.07) is 1.82. The molecule has 0 atom stereocenters. The SMILES string of the molecule is Nc1cc(N)c(=O)n(C2CCCCC2)c1. The van der Waals surface area contributed by atoms with Crippen LogP contribution >= 0.6 is 0 Å². The van der Waals surface area contributed by atoms with Crippen LogP contribution in [0.4, 0.5) is 11.4 Å². The Bertz CT molecular complexity index is 405. The first-order chi connectivity index (χ1) is 7.18. The molecule has 4 N–H and O–H groups in total. The average Bonchev–Trinajstić information content (AvgIpc) is 2.24. The Balaban J connectivity index is 2.38. The summed E-state index contributed by atoms with van der Waals surface area (Å²) in [6.45, 7) is 0. The predicted octanol–water partition coefficient (Wildman–Crippen LogP) is 1.52. The van der Waals surface area contributed by atoms with Crippen molar-refractivity contribution in [3.8, 4) is 0 Å². The van der Waals surface area contributed by atoms with Crippen LogP contribution in [-0.4, -0.2) is 4.57 Å². The van der Waals surface area contributed by atoms with Gasteiger partial charge in [-0.3, -0.25) is 4.79 Å². The van der Waals surface area contributed by atoms with Gasteiger partial charge in [0, 0.05) is 12.2 Å². The summed E-state index contributed by atoms with van der Waals surface area (Å²) in [5.74, 6) is 0. The maximum Gasteiger partial charge on any atom is 0.274 e. The van der Waals surface area contributed by atoms with Gasteiger partial charge >= 0.3 is 0 Å². The Kier molecular flexibility index (Phi) is 2.66. The summed E-state index contributed by atoms with van der Waals surface area (Å²) >= 11 is 0. The van der Waals surface area contributed by atoms with E-state index in [9.17, 15) is 4.79 Å². The van der Waals surface area contributed by atoms with Crippen LogP contribution in [0.25, 0.3) is 0 Å². The Morgan fingerprint density at radius 3 is 2.53 bits per heavy atom. The van der Waals surface area contributed by atoms with Crippen molar-refractivity contribution in [2.45, 2.75) is 38.1 Å². The molecule has 2 rings (SSSR count). The topological polar surface area (TPSA) is 74.0 Å². The maximum absolute atomic E-state index is 11.8. The van der Waals surface area contributed by atoms with Crippen LogP contribution in [0.2, 0.25) is 0 Å². The van der Waals surface area contributed by atoms with Crippen molar-refractivity contribution in [2.75, 3.05) is 11.5 Å². The summed E-state index contributed by atoms with van der Waals surface area (Å²) < 4.78 is 1.71. The van der Waals surface area contributed by atoms with Gasteiger partial charge in [0.1, 0.15) is 0 Å². The molecule has 15 heavy (non-hydrogen) atoms. The van der Waals surface area contributed by atoms with Crippen LogP contribution < -0.4 is 17.0 Å². The molecule has 1 saturated carbocycles. The molecule has 1 aliphatic rings. The molecule has 1 heterocycles. The molecule has 0 aliphatic heterocycles. The molecule has 0 radical (unpaired) electrons. The van der Waals surface area contributed by atoms with Gasteiger partial charge in [-0.05, 0) is 18.9 Å². The van der Waals surface area contributed by atoms with E-state index in [1.807, 2.05) is 0 Å². The molecule has 1 aromatic rings. The van der Waals surface area contributed by atoms with Gasteiger partial charge in [-0.2, -0.15) is 0 Å². The fraction of sp³-hybridized carbons (Fsp3) is 0.545. The normalized spacial score (nSPS) is 17.9. The van der Waals surface area contributed by atoms with E-state index in [2.05, 4.69) is 0 Å². The van der Waals surface area contributed by atoms with Crippen molar-refractivity contribution in [2.24, 2.45) is 0 Å². The highest BCUT2D eigenvalue weighted by Gasteiger charge is 2.17. The van der Waals surface area contributed by atoms with Crippen LogP contribution in [0.1, 0.15) is 38.1 Å². The van der Waals surface area contributed by atoms with Crippen LogP contribution in [-0.2, 0) is 0 Å². The average molecular weight is 207 g/mol. The second-order valence-corrected chi connectivity index (χ2v) is 4.23. The van der Waals surface area contributed by atoms with E-state index in [1.54, 1.807) is 10.8 Å². The predicted molar refractivity (Wildman–Crippen MR) is 61.6 cm³/mol. The standard InChI is InChI=1S/C11H17N3O/c12-8-6-10(13)11(15)14(7-8)9-4-2-1-3-5-9/h6-7,9H,1-5,12-13H2. The molecule has 0 spiro atoms. The van der Waals surface area contributed by atoms with Gasteiger partial charge in [-0.1, -0.05) is 19.3 Å². The zero-order chi connectivity index (χ0) is 10.8. The third-order valence-electron chi connectivity index (χ3n) is 3.06. The van der Waals surface area contributed by atoms with Gasteiger partial charge in [0.25, 0.3) is 5.56 Å². The van der Waals surface area contributed by atoms with Crippen molar-refractivity contribution < 1.29 is 0 Å². The lowest BCUT2D eigenvalue weighted by Crippen LogP contribution is -2.28. The molecule has 0 aromatic carbocycles. The summed E-state index contributed by atoms with van der Waals surface area (Å²) in [5.41, 5.74) is 12.0. The molecule has 0 bridgehead atoms. The minimum Gasteiger partial charge on any atom is -0.397 e. The second kappa shape index (κ2) is 3.96. The molecule has 1 aliphatic carbocycles. The third kappa shape index (κ3) is 1.98. The van der Waals surface area contributed by atoms with E-state index in [-0.39, 0.29) is 17.3 Å². The smallest absolute Gasteiger partial charge is 0.274 e. The molecule has 82 valence electrons. The number of nitrogen functional groups attached to an aromatic ring is 2. The fourth-order valence-electron chi connectivity index (χ4n) is 2.28. The summed E-state index contributed by atoms with van der Waals surface area (Å²) in [7, 11) is 0. The molecule has 0 amide bonds. The number of rotatable bonds is 1. The minimum absolute atomic E-state index is 0.101. The number of nitrogens with zero attached hydrogens (tertiary/aromatic N) is 1. The summed E-state index contributed by atoms with van der Waals surface area (Å²) in [6.07, 6.45) is 7.47. The Morgan fingerprint density at radius 2 is 1.87 bits per heavy atom. The molecule has 4 heteroatoms. The summed E-state index contributed by atoms with van der Waals surface area (Å²) in [5, 5.41) is 0. The van der Waals surface area contributed by atoms with Crippen molar-refractivity contribution in [1.29, 1.82) is 0 Å². The largest absolute Gasteiger partial charge is 0.397 e. The lowest BCUT2D eigenvalue weighted by atomic mass is 9.95. The van der Waals surface area contributed by atoms with E-state index in [1.165, 1.54) is 25.3 Å². The number of anilines is 2. The van der Waals surface area contributed by atoms with Gasteiger partial charge in [0.05, 0.1) is 11.4 Å². The number of aromatic nitrogens is 1. The lowest BCUT2D eigenvalue weighted by molar-refractivity contribution is 0.347. The highest BCUT2D eigenvalue weighted by atomic mass is 16.1. The molecule has 0 saturated heterocycles. The quantitative estimate of drug-likeness (QED) is 0.733. The first kappa shape index (κ1) is 10.1. The fourth-order valence-corrected chi connectivity index (χ4v) is 2.28. The monoisotopic (exact) mass is 207 g/mol. The van der Waals surface area contributed by atoms with E-state index in [4.69, 9.17) is 11.5 Å². The highest BCUT2D eigenvalue weighted by Crippen LogP contribution is 2.27. The van der Waals surface area contributed by atoms with Gasteiger partial charge < -0.3 is 16.0 Å².